The standard InChI is InChI=1S/C16H23FN2O/c1-3-12(2)18-16(20)15-9-6-10-19(15)11-13-7-4-5-8-14(13)17/h4-5,7-8,12,15H,3,6,9-11H2,1-2H3,(H,18,20). The van der Waals surface area contributed by atoms with Gasteiger partial charge in [0.05, 0.1) is 6.04 Å². The summed E-state index contributed by atoms with van der Waals surface area (Å²) < 4.78 is 13.7. The molecule has 3 nitrogen and oxygen atoms in total. The fraction of sp³-hybridized carbons (Fsp3) is 0.562. The zero-order chi connectivity index (χ0) is 14.5. The number of carbonyl (C=O) groups excluding carboxylic acids is 1. The van der Waals surface area contributed by atoms with E-state index in [1.54, 1.807) is 12.1 Å². The first-order valence-corrected chi connectivity index (χ1v) is 7.39. The highest BCUT2D eigenvalue weighted by Crippen LogP contribution is 2.21. The van der Waals surface area contributed by atoms with Gasteiger partial charge in [-0.25, -0.2) is 4.39 Å². The van der Waals surface area contributed by atoms with Crippen LogP contribution in [0.1, 0.15) is 38.7 Å². The van der Waals surface area contributed by atoms with Gasteiger partial charge < -0.3 is 5.32 Å². The van der Waals surface area contributed by atoms with E-state index in [0.29, 0.717) is 12.1 Å². The number of hydrogen-bond donors (Lipinski definition) is 1. The van der Waals surface area contributed by atoms with E-state index in [2.05, 4.69) is 17.1 Å². The van der Waals surface area contributed by atoms with Crippen LogP contribution in [-0.4, -0.2) is 29.4 Å². The van der Waals surface area contributed by atoms with Crippen molar-refractivity contribution in [3.63, 3.8) is 0 Å². The molecule has 1 N–H and O–H groups in total. The van der Waals surface area contributed by atoms with Crippen LogP contribution in [-0.2, 0) is 11.3 Å². The Balaban J connectivity index is 2.00. The van der Waals surface area contributed by atoms with Crippen LogP contribution in [0.5, 0.6) is 0 Å². The van der Waals surface area contributed by atoms with Gasteiger partial charge in [0.15, 0.2) is 0 Å². The number of hydrogen-bond acceptors (Lipinski definition) is 2. The van der Waals surface area contributed by atoms with E-state index in [4.69, 9.17) is 0 Å². The molecule has 1 aromatic rings. The number of nitrogens with one attached hydrogen (secondary N) is 1. The lowest BCUT2D eigenvalue weighted by atomic mass is 10.1. The maximum absolute atomic E-state index is 13.7. The first-order valence-electron chi connectivity index (χ1n) is 7.39. The summed E-state index contributed by atoms with van der Waals surface area (Å²) in [7, 11) is 0. The van der Waals surface area contributed by atoms with E-state index >= 15 is 0 Å². The minimum atomic E-state index is -0.194. The number of nitrogens with zero attached hydrogens (tertiary/aromatic N) is 1. The number of halogens is 1. The molecule has 2 atom stereocenters. The molecule has 20 heavy (non-hydrogen) atoms. The normalized spacial score (nSPS) is 20.9. The molecule has 4 heteroatoms. The Morgan fingerprint density at radius 2 is 2.25 bits per heavy atom. The van der Waals surface area contributed by atoms with E-state index in [1.165, 1.54) is 6.07 Å². The molecule has 0 bridgehead atoms. The Labute approximate surface area is 120 Å². The topological polar surface area (TPSA) is 32.3 Å². The molecule has 1 amide bonds. The molecular weight excluding hydrogens is 255 g/mol. The van der Waals surface area contributed by atoms with Crippen molar-refractivity contribution < 1.29 is 9.18 Å². The smallest absolute Gasteiger partial charge is 0.237 e. The average Bonchev–Trinajstić information content (AvgIpc) is 2.89. The van der Waals surface area contributed by atoms with Gasteiger partial charge in [-0.1, -0.05) is 25.1 Å². The van der Waals surface area contributed by atoms with Crippen molar-refractivity contribution in [3.8, 4) is 0 Å². The summed E-state index contributed by atoms with van der Waals surface area (Å²) in [5, 5.41) is 3.03. The Morgan fingerprint density at radius 1 is 1.50 bits per heavy atom. The van der Waals surface area contributed by atoms with Crippen molar-refractivity contribution in [2.45, 2.75) is 51.7 Å². The minimum Gasteiger partial charge on any atom is -0.352 e. The number of amides is 1. The molecule has 1 saturated heterocycles. The van der Waals surface area contributed by atoms with Crippen LogP contribution in [0.15, 0.2) is 24.3 Å². The fourth-order valence-electron chi connectivity index (χ4n) is 2.60. The lowest BCUT2D eigenvalue weighted by Gasteiger charge is -2.25. The molecule has 1 aromatic carbocycles. The quantitative estimate of drug-likeness (QED) is 0.898. The molecular formula is C16H23FN2O. The van der Waals surface area contributed by atoms with Gasteiger partial charge in [0.25, 0.3) is 0 Å². The van der Waals surface area contributed by atoms with Crippen molar-refractivity contribution in [1.29, 1.82) is 0 Å². The van der Waals surface area contributed by atoms with Crippen LogP contribution in [0.4, 0.5) is 4.39 Å². The highest BCUT2D eigenvalue weighted by molar-refractivity contribution is 5.82. The first kappa shape index (κ1) is 15.0. The zero-order valence-corrected chi connectivity index (χ0v) is 12.2. The molecule has 110 valence electrons. The Kier molecular flexibility index (Phi) is 5.12. The molecule has 1 aliphatic rings. The van der Waals surface area contributed by atoms with Gasteiger partial charge in [0, 0.05) is 18.2 Å². The van der Waals surface area contributed by atoms with Crippen LogP contribution < -0.4 is 5.32 Å². The molecule has 1 fully saturated rings. The molecule has 1 heterocycles. The molecule has 2 rings (SSSR count). The number of carbonyl (C=O) groups is 1. The maximum atomic E-state index is 13.7. The molecule has 0 spiro atoms. The SMILES string of the molecule is CCC(C)NC(=O)C1CCCN1Cc1ccccc1F. The van der Waals surface area contributed by atoms with Gasteiger partial charge >= 0.3 is 0 Å². The summed E-state index contributed by atoms with van der Waals surface area (Å²) in [6.07, 6.45) is 2.77. The largest absolute Gasteiger partial charge is 0.352 e. The van der Waals surface area contributed by atoms with Crippen LogP contribution >= 0.6 is 0 Å². The second-order valence-electron chi connectivity index (χ2n) is 5.54. The molecule has 0 saturated carbocycles. The number of benzene rings is 1. The van der Waals surface area contributed by atoms with Gasteiger partial charge in [0.2, 0.25) is 5.91 Å². The third-order valence-electron chi connectivity index (χ3n) is 4.00. The van der Waals surface area contributed by atoms with Crippen molar-refractivity contribution >= 4 is 5.91 Å². The van der Waals surface area contributed by atoms with Crippen LogP contribution in [0, 0.1) is 5.82 Å². The first-order chi connectivity index (χ1) is 9.61. The number of likely N-dealkylation sites (tertiary alicyclic amines) is 1. The van der Waals surface area contributed by atoms with Crippen LogP contribution in [0.2, 0.25) is 0 Å². The van der Waals surface area contributed by atoms with Gasteiger partial charge in [-0.15, -0.1) is 0 Å². The van der Waals surface area contributed by atoms with Gasteiger partial charge in [-0.05, 0) is 38.8 Å². The average molecular weight is 278 g/mol. The van der Waals surface area contributed by atoms with Gasteiger partial charge in [-0.3, -0.25) is 9.69 Å². The van der Waals surface area contributed by atoms with Gasteiger partial charge in [0.1, 0.15) is 5.82 Å². The summed E-state index contributed by atoms with van der Waals surface area (Å²) in [6, 6.07) is 6.86. The number of rotatable bonds is 5. The Morgan fingerprint density at radius 3 is 2.95 bits per heavy atom. The third kappa shape index (κ3) is 3.57. The van der Waals surface area contributed by atoms with Crippen molar-refractivity contribution in [1.82, 2.24) is 10.2 Å². The molecule has 2 unspecified atom stereocenters. The van der Waals surface area contributed by atoms with Crippen LogP contribution in [0.25, 0.3) is 0 Å². The van der Waals surface area contributed by atoms with E-state index in [0.717, 1.165) is 25.8 Å². The lowest BCUT2D eigenvalue weighted by molar-refractivity contribution is -0.126. The predicted octanol–water partition coefficient (Wildman–Crippen LogP) is 2.70. The second kappa shape index (κ2) is 6.84. The van der Waals surface area contributed by atoms with Crippen molar-refractivity contribution in [2.75, 3.05) is 6.54 Å². The Bertz CT molecular complexity index is 464. The van der Waals surface area contributed by atoms with E-state index in [-0.39, 0.29) is 23.8 Å². The maximum Gasteiger partial charge on any atom is 0.237 e. The summed E-state index contributed by atoms with van der Waals surface area (Å²) in [5.41, 5.74) is 0.663. The summed E-state index contributed by atoms with van der Waals surface area (Å²) in [4.78, 5) is 14.3. The predicted molar refractivity (Wildman–Crippen MR) is 77.7 cm³/mol. The van der Waals surface area contributed by atoms with Crippen molar-refractivity contribution in [3.05, 3.63) is 35.6 Å². The fourth-order valence-corrected chi connectivity index (χ4v) is 2.60. The zero-order valence-electron chi connectivity index (χ0n) is 12.2. The molecule has 1 aliphatic heterocycles. The van der Waals surface area contributed by atoms with Gasteiger partial charge in [-0.2, -0.15) is 0 Å². The molecule has 0 aromatic heterocycles. The molecule has 0 aliphatic carbocycles. The highest BCUT2D eigenvalue weighted by Gasteiger charge is 2.31. The summed E-state index contributed by atoms with van der Waals surface area (Å²) >= 11 is 0. The molecule has 0 radical (unpaired) electrons. The second-order valence-corrected chi connectivity index (χ2v) is 5.54. The van der Waals surface area contributed by atoms with Crippen molar-refractivity contribution in [2.24, 2.45) is 0 Å². The van der Waals surface area contributed by atoms with Crippen LogP contribution in [0.3, 0.4) is 0 Å². The highest BCUT2D eigenvalue weighted by atomic mass is 19.1. The van der Waals surface area contributed by atoms with E-state index in [9.17, 15) is 9.18 Å². The minimum absolute atomic E-state index is 0.0770. The monoisotopic (exact) mass is 278 g/mol. The Hall–Kier alpha value is -1.42. The van der Waals surface area contributed by atoms with E-state index < -0.39 is 0 Å². The van der Waals surface area contributed by atoms with E-state index in [1.807, 2.05) is 13.0 Å². The summed E-state index contributed by atoms with van der Waals surface area (Å²) in [6.45, 7) is 5.42. The summed E-state index contributed by atoms with van der Waals surface area (Å²) in [5.74, 6) is -0.117. The third-order valence-corrected chi connectivity index (χ3v) is 4.00. The lowest BCUT2D eigenvalue weighted by Crippen LogP contribution is -2.45.